The molecule has 10 heteroatoms. The summed E-state index contributed by atoms with van der Waals surface area (Å²) >= 11 is 6.01. The zero-order valence-electron chi connectivity index (χ0n) is 20.7. The van der Waals surface area contributed by atoms with Crippen LogP contribution in [0.2, 0.25) is 5.02 Å². The highest BCUT2D eigenvalue weighted by Crippen LogP contribution is 2.29. The second kappa shape index (κ2) is 10.8. The number of nitrogens with one attached hydrogen (secondary N) is 1. The van der Waals surface area contributed by atoms with Crippen LogP contribution < -0.4 is 20.5 Å². The van der Waals surface area contributed by atoms with Crippen LogP contribution in [0, 0.1) is 0 Å². The van der Waals surface area contributed by atoms with Crippen molar-refractivity contribution < 1.29 is 14.3 Å². The fourth-order valence-electron chi connectivity index (χ4n) is 4.26. The average molecular weight is 530 g/mol. The fourth-order valence-corrected chi connectivity index (χ4v) is 4.38. The van der Waals surface area contributed by atoms with Crippen LogP contribution >= 0.6 is 11.6 Å². The number of hydrogen-bond acceptors (Lipinski definition) is 6. The molecule has 3 aromatic carbocycles. The molecule has 0 aliphatic rings. The number of fused-ring (bicyclic) bond motifs is 2. The molecule has 5 aromatic rings. The molecule has 0 radical (unpaired) electrons. The van der Waals surface area contributed by atoms with Gasteiger partial charge in [0.2, 0.25) is 0 Å². The largest absolute Gasteiger partial charge is 0.493 e. The lowest BCUT2D eigenvalue weighted by molar-refractivity contribution is -0.121. The Kier molecular flexibility index (Phi) is 7.10. The lowest BCUT2D eigenvalue weighted by Gasteiger charge is -2.10. The molecule has 0 fully saturated rings. The summed E-state index contributed by atoms with van der Waals surface area (Å²) in [7, 11) is 2.99. The van der Waals surface area contributed by atoms with Gasteiger partial charge >= 0.3 is 0 Å². The first kappa shape index (κ1) is 25.0. The van der Waals surface area contributed by atoms with Crippen LogP contribution in [0.1, 0.15) is 11.1 Å². The second-order valence-corrected chi connectivity index (χ2v) is 8.99. The number of rotatable bonds is 8. The van der Waals surface area contributed by atoms with Crippen LogP contribution in [0.15, 0.2) is 83.1 Å². The molecule has 0 bridgehead atoms. The highest BCUT2D eigenvalue weighted by atomic mass is 35.5. The topological polar surface area (TPSA) is 99.7 Å². The van der Waals surface area contributed by atoms with Crippen molar-refractivity contribution in [3.8, 4) is 11.5 Å². The first-order valence-corrected chi connectivity index (χ1v) is 12.1. The predicted molar refractivity (Wildman–Crippen MR) is 147 cm³/mol. The van der Waals surface area contributed by atoms with E-state index < -0.39 is 5.91 Å². The van der Waals surface area contributed by atoms with E-state index in [2.05, 4.69) is 20.1 Å². The van der Waals surface area contributed by atoms with Gasteiger partial charge in [-0.3, -0.25) is 14.2 Å². The monoisotopic (exact) mass is 529 g/mol. The molecule has 0 aliphatic carbocycles. The summed E-state index contributed by atoms with van der Waals surface area (Å²) in [5, 5.41) is 6.14. The standard InChI is InChI=1S/C28H24ClN5O4/c1-37-25-11-22-23(12-26(25)38-2)30-17-34(28(22)36)16-27(35)32-31-13-19-15-33(24-6-4-3-5-21(19)24)14-18-7-9-20(29)10-8-18/h3-13,15,17H,14,16H2,1-2H3,(H,32,35)/b31-13+. The van der Waals surface area contributed by atoms with E-state index in [1.165, 1.54) is 25.1 Å². The first-order chi connectivity index (χ1) is 18.5. The maximum Gasteiger partial charge on any atom is 0.261 e. The smallest absolute Gasteiger partial charge is 0.261 e. The van der Waals surface area contributed by atoms with E-state index >= 15 is 0 Å². The summed E-state index contributed by atoms with van der Waals surface area (Å²) in [6, 6.07) is 18.8. The van der Waals surface area contributed by atoms with Gasteiger partial charge in [0, 0.05) is 40.3 Å². The van der Waals surface area contributed by atoms with Gasteiger partial charge in [-0.15, -0.1) is 0 Å². The van der Waals surface area contributed by atoms with Crippen molar-refractivity contribution in [2.75, 3.05) is 14.2 Å². The molecule has 1 amide bonds. The Labute approximate surface area is 222 Å². The lowest BCUT2D eigenvalue weighted by atomic mass is 10.2. The molecule has 5 rings (SSSR count). The summed E-state index contributed by atoms with van der Waals surface area (Å²) in [6.07, 6.45) is 4.90. The molecule has 38 heavy (non-hydrogen) atoms. The Balaban J connectivity index is 1.32. The number of methoxy groups -OCH3 is 2. The third-order valence-corrected chi connectivity index (χ3v) is 6.37. The number of hydrazone groups is 1. The van der Waals surface area contributed by atoms with E-state index in [-0.39, 0.29) is 12.1 Å². The van der Waals surface area contributed by atoms with E-state index in [0.29, 0.717) is 34.0 Å². The number of ether oxygens (including phenoxy) is 2. The van der Waals surface area contributed by atoms with Crippen LogP contribution in [0.5, 0.6) is 11.5 Å². The lowest BCUT2D eigenvalue weighted by Crippen LogP contribution is -2.30. The third-order valence-electron chi connectivity index (χ3n) is 6.12. The molecule has 0 unspecified atom stereocenters. The molecule has 1 N–H and O–H groups in total. The normalized spacial score (nSPS) is 11.3. The van der Waals surface area contributed by atoms with Crippen molar-refractivity contribution in [2.45, 2.75) is 13.1 Å². The Morgan fingerprint density at radius 1 is 1.03 bits per heavy atom. The molecule has 2 aromatic heterocycles. The number of carbonyl (C=O) groups is 1. The molecule has 0 saturated carbocycles. The van der Waals surface area contributed by atoms with Crippen LogP contribution in [0.25, 0.3) is 21.8 Å². The van der Waals surface area contributed by atoms with Crippen molar-refractivity contribution >= 4 is 45.5 Å². The number of benzene rings is 3. The molecule has 0 aliphatic heterocycles. The number of nitrogens with zero attached hydrogens (tertiary/aromatic N) is 4. The highest BCUT2D eigenvalue weighted by molar-refractivity contribution is 6.30. The molecular weight excluding hydrogens is 506 g/mol. The molecule has 0 atom stereocenters. The number of carbonyl (C=O) groups excluding carboxylic acids is 1. The van der Waals surface area contributed by atoms with Gasteiger partial charge in [-0.1, -0.05) is 41.9 Å². The molecule has 0 spiro atoms. The zero-order chi connectivity index (χ0) is 26.6. The number of halogens is 1. The van der Waals surface area contributed by atoms with Crippen molar-refractivity contribution in [1.29, 1.82) is 0 Å². The van der Waals surface area contributed by atoms with Crippen molar-refractivity contribution in [3.63, 3.8) is 0 Å². The molecular formula is C28H24ClN5O4. The van der Waals surface area contributed by atoms with Crippen molar-refractivity contribution in [3.05, 3.63) is 99.7 Å². The minimum Gasteiger partial charge on any atom is -0.493 e. The average Bonchev–Trinajstić information content (AvgIpc) is 3.28. The summed E-state index contributed by atoms with van der Waals surface area (Å²) in [4.78, 5) is 29.8. The molecule has 192 valence electrons. The maximum atomic E-state index is 12.9. The van der Waals surface area contributed by atoms with E-state index in [1.807, 2.05) is 54.7 Å². The SMILES string of the molecule is COc1cc2ncn(CC(=O)N/N=C/c3cn(Cc4ccc(Cl)cc4)c4ccccc34)c(=O)c2cc1OC. The van der Waals surface area contributed by atoms with Crippen molar-refractivity contribution in [1.82, 2.24) is 19.5 Å². The Hall–Kier alpha value is -4.63. The summed E-state index contributed by atoms with van der Waals surface area (Å²) in [5.74, 6) is 0.405. The molecule has 9 nitrogen and oxygen atoms in total. The Morgan fingerprint density at radius 2 is 1.76 bits per heavy atom. The molecule has 0 saturated heterocycles. The number of para-hydroxylation sites is 1. The minimum absolute atomic E-state index is 0.244. The van der Waals surface area contributed by atoms with E-state index in [4.69, 9.17) is 21.1 Å². The first-order valence-electron chi connectivity index (χ1n) is 11.7. The predicted octanol–water partition coefficient (Wildman–Crippen LogP) is 4.22. The van der Waals surface area contributed by atoms with Crippen molar-refractivity contribution in [2.24, 2.45) is 5.10 Å². The van der Waals surface area contributed by atoms with Gasteiger partial charge in [0.05, 0.1) is 37.7 Å². The van der Waals surface area contributed by atoms with Gasteiger partial charge in [0.25, 0.3) is 11.5 Å². The number of amides is 1. The van der Waals surface area contributed by atoms with Crippen LogP contribution in [0.4, 0.5) is 0 Å². The Morgan fingerprint density at radius 3 is 2.53 bits per heavy atom. The van der Waals surface area contributed by atoms with E-state index in [9.17, 15) is 9.59 Å². The zero-order valence-corrected chi connectivity index (χ0v) is 21.5. The Bertz CT molecular complexity index is 1720. The van der Waals surface area contributed by atoms with E-state index in [0.717, 1.165) is 22.0 Å². The van der Waals surface area contributed by atoms with Gasteiger partial charge in [-0.25, -0.2) is 10.4 Å². The quantitative estimate of drug-likeness (QED) is 0.240. The summed E-state index contributed by atoms with van der Waals surface area (Å²) in [6.45, 7) is 0.415. The van der Waals surface area contributed by atoms with E-state index in [1.54, 1.807) is 18.3 Å². The van der Waals surface area contributed by atoms with Crippen LogP contribution in [-0.4, -0.2) is 40.5 Å². The fraction of sp³-hybridized carbons (Fsp3) is 0.143. The van der Waals surface area contributed by atoms with Gasteiger partial charge in [-0.05, 0) is 29.8 Å². The van der Waals surface area contributed by atoms with Gasteiger partial charge in [0.1, 0.15) is 6.54 Å². The van der Waals surface area contributed by atoms with Crippen LogP contribution in [-0.2, 0) is 17.9 Å². The minimum atomic E-state index is -0.463. The van der Waals surface area contributed by atoms with Crippen LogP contribution in [0.3, 0.4) is 0 Å². The third kappa shape index (κ3) is 5.09. The summed E-state index contributed by atoms with van der Waals surface area (Å²) in [5.41, 5.74) is 5.56. The highest BCUT2D eigenvalue weighted by Gasteiger charge is 2.13. The van der Waals surface area contributed by atoms with Gasteiger partial charge in [0.15, 0.2) is 11.5 Å². The number of hydrogen-bond donors (Lipinski definition) is 1. The number of aromatic nitrogens is 3. The molecule has 2 heterocycles. The van der Waals surface area contributed by atoms with Gasteiger partial charge in [-0.2, -0.15) is 5.10 Å². The second-order valence-electron chi connectivity index (χ2n) is 8.55. The summed E-state index contributed by atoms with van der Waals surface area (Å²) < 4.78 is 13.9. The van der Waals surface area contributed by atoms with Gasteiger partial charge < -0.3 is 14.0 Å². The maximum absolute atomic E-state index is 12.9.